The third kappa shape index (κ3) is 8.61. The summed E-state index contributed by atoms with van der Waals surface area (Å²) in [6, 6.07) is 8.27. The van der Waals surface area contributed by atoms with E-state index in [1.54, 1.807) is 17.8 Å². The molecule has 1 unspecified atom stereocenters. The summed E-state index contributed by atoms with van der Waals surface area (Å²) in [6.07, 6.45) is 3.51. The molecular formula is C24H40IN5O2. The summed E-state index contributed by atoms with van der Waals surface area (Å²) in [4.78, 5) is 4.78. The topological polar surface area (TPSA) is 83.7 Å². The maximum Gasteiger partial charge on any atom is 0.191 e. The van der Waals surface area contributed by atoms with Gasteiger partial charge in [-0.25, -0.2) is 0 Å². The number of nitrogens with zero attached hydrogens (tertiary/aromatic N) is 3. The van der Waals surface area contributed by atoms with Crippen LogP contribution in [0.5, 0.6) is 5.75 Å². The van der Waals surface area contributed by atoms with Crippen LogP contribution in [0.25, 0.3) is 0 Å². The molecule has 7 nitrogen and oxygen atoms in total. The van der Waals surface area contributed by atoms with E-state index < -0.39 is 5.60 Å². The lowest BCUT2D eigenvalue weighted by Crippen LogP contribution is -2.45. The zero-order valence-electron chi connectivity index (χ0n) is 20.5. The number of guanidine groups is 1. The van der Waals surface area contributed by atoms with Gasteiger partial charge in [-0.05, 0) is 37.5 Å². The number of aryl methyl sites for hydroxylation is 1. The number of ether oxygens (including phenoxy) is 1. The Balaban J connectivity index is 0.00000512. The van der Waals surface area contributed by atoms with Crippen molar-refractivity contribution in [2.45, 2.75) is 52.6 Å². The molecule has 0 bridgehead atoms. The minimum absolute atomic E-state index is 0. The number of rotatable bonds is 10. The van der Waals surface area contributed by atoms with E-state index in [4.69, 9.17) is 9.73 Å². The highest BCUT2D eigenvalue weighted by Gasteiger charge is 2.25. The molecule has 0 saturated heterocycles. The molecule has 0 fully saturated rings. The quantitative estimate of drug-likeness (QED) is 0.235. The zero-order chi connectivity index (χ0) is 23.1. The van der Waals surface area contributed by atoms with Crippen molar-refractivity contribution in [2.24, 2.45) is 18.0 Å². The third-order valence-electron chi connectivity index (χ3n) is 5.12. The van der Waals surface area contributed by atoms with E-state index in [0.717, 1.165) is 17.9 Å². The Morgan fingerprint density at radius 1 is 1.16 bits per heavy atom. The molecule has 1 atom stereocenters. The standard InChI is InChI=1S/C24H39N5O2.HI/c1-8-25-22(27-17-24(6,30)20-13-28-29(7)14-20)26-16-23(4,5)19-9-11-21(12-10-19)31-15-18(2)3;/h9-14,18,30H,8,15-17H2,1-7H3,(H2,25,26,27);1H. The van der Waals surface area contributed by atoms with Crippen molar-refractivity contribution in [1.82, 2.24) is 20.4 Å². The molecule has 1 aromatic carbocycles. The van der Waals surface area contributed by atoms with Gasteiger partial charge >= 0.3 is 0 Å². The second-order valence-electron chi connectivity index (χ2n) is 9.34. The van der Waals surface area contributed by atoms with Crippen LogP contribution < -0.4 is 15.4 Å². The summed E-state index contributed by atoms with van der Waals surface area (Å²) in [5.41, 5.74) is 0.765. The van der Waals surface area contributed by atoms with Crippen molar-refractivity contribution < 1.29 is 9.84 Å². The lowest BCUT2D eigenvalue weighted by atomic mass is 9.85. The largest absolute Gasteiger partial charge is 0.493 e. The van der Waals surface area contributed by atoms with Gasteiger partial charge in [0, 0.05) is 30.8 Å². The molecule has 0 aliphatic carbocycles. The molecule has 2 rings (SSSR count). The lowest BCUT2D eigenvalue weighted by molar-refractivity contribution is 0.0616. The number of aliphatic hydroxyl groups is 1. The maximum absolute atomic E-state index is 10.8. The first-order chi connectivity index (χ1) is 14.5. The molecule has 0 amide bonds. The van der Waals surface area contributed by atoms with E-state index in [9.17, 15) is 5.11 Å². The van der Waals surface area contributed by atoms with Crippen LogP contribution in [0.15, 0.2) is 41.7 Å². The van der Waals surface area contributed by atoms with Gasteiger partial charge in [0.2, 0.25) is 0 Å². The molecule has 0 saturated carbocycles. The third-order valence-corrected chi connectivity index (χ3v) is 5.12. The van der Waals surface area contributed by atoms with Crippen molar-refractivity contribution in [3.05, 3.63) is 47.8 Å². The molecule has 0 aliphatic heterocycles. The smallest absolute Gasteiger partial charge is 0.191 e. The van der Waals surface area contributed by atoms with Crippen LogP contribution in [-0.4, -0.2) is 47.1 Å². The first-order valence-electron chi connectivity index (χ1n) is 11.0. The normalized spacial score (nSPS) is 14.0. The maximum atomic E-state index is 10.8. The molecule has 2 aromatic rings. The fourth-order valence-corrected chi connectivity index (χ4v) is 3.03. The number of benzene rings is 1. The second kappa shape index (κ2) is 12.4. The second-order valence-corrected chi connectivity index (χ2v) is 9.34. The Hall–Kier alpha value is -1.81. The van der Waals surface area contributed by atoms with Crippen LogP contribution >= 0.6 is 24.0 Å². The highest BCUT2D eigenvalue weighted by Crippen LogP contribution is 2.26. The lowest BCUT2D eigenvalue weighted by Gasteiger charge is -2.26. The summed E-state index contributed by atoms with van der Waals surface area (Å²) in [6.45, 7) is 14.8. The Bertz CT molecular complexity index is 844. The summed E-state index contributed by atoms with van der Waals surface area (Å²) < 4.78 is 7.48. The van der Waals surface area contributed by atoms with Crippen molar-refractivity contribution >= 4 is 29.9 Å². The summed E-state index contributed by atoms with van der Waals surface area (Å²) >= 11 is 0. The van der Waals surface area contributed by atoms with Crippen molar-refractivity contribution in [3.63, 3.8) is 0 Å². The fourth-order valence-electron chi connectivity index (χ4n) is 3.03. The molecule has 3 N–H and O–H groups in total. The van der Waals surface area contributed by atoms with E-state index in [0.29, 0.717) is 31.6 Å². The SMILES string of the molecule is CCNC(=NCC(C)(C)c1ccc(OCC(C)C)cc1)NCC(C)(O)c1cnn(C)c1.I. The molecular weight excluding hydrogens is 517 g/mol. The fraction of sp³-hybridized carbons (Fsp3) is 0.583. The number of aliphatic imine (C=N–C) groups is 1. The van der Waals surface area contributed by atoms with Crippen LogP contribution in [0.1, 0.15) is 52.7 Å². The first-order valence-corrected chi connectivity index (χ1v) is 11.0. The molecule has 0 aliphatic rings. The van der Waals surface area contributed by atoms with Gasteiger partial charge in [-0.2, -0.15) is 5.10 Å². The number of aromatic nitrogens is 2. The minimum Gasteiger partial charge on any atom is -0.493 e. The molecule has 180 valence electrons. The average molecular weight is 558 g/mol. The van der Waals surface area contributed by atoms with Gasteiger partial charge in [-0.1, -0.05) is 39.8 Å². The van der Waals surface area contributed by atoms with Crippen molar-refractivity contribution in [2.75, 3.05) is 26.2 Å². The van der Waals surface area contributed by atoms with Gasteiger partial charge in [-0.15, -0.1) is 24.0 Å². The Morgan fingerprint density at radius 3 is 2.34 bits per heavy atom. The van der Waals surface area contributed by atoms with Crippen LogP contribution in [-0.2, 0) is 18.1 Å². The van der Waals surface area contributed by atoms with Gasteiger partial charge in [0.15, 0.2) is 5.96 Å². The van der Waals surface area contributed by atoms with E-state index >= 15 is 0 Å². The van der Waals surface area contributed by atoms with Gasteiger partial charge in [0.25, 0.3) is 0 Å². The summed E-state index contributed by atoms with van der Waals surface area (Å²) in [7, 11) is 1.84. The van der Waals surface area contributed by atoms with Crippen LogP contribution in [0.2, 0.25) is 0 Å². The number of hydrogen-bond acceptors (Lipinski definition) is 4. The van der Waals surface area contributed by atoms with Crippen LogP contribution in [0.3, 0.4) is 0 Å². The van der Waals surface area contributed by atoms with E-state index in [2.05, 4.69) is 55.6 Å². The van der Waals surface area contributed by atoms with Crippen LogP contribution in [0.4, 0.5) is 0 Å². The predicted molar refractivity (Wildman–Crippen MR) is 142 cm³/mol. The molecule has 0 spiro atoms. The Labute approximate surface area is 210 Å². The van der Waals surface area contributed by atoms with Gasteiger partial charge < -0.3 is 20.5 Å². The zero-order valence-corrected chi connectivity index (χ0v) is 22.8. The Kier molecular flexibility index (Phi) is 11.0. The predicted octanol–water partition coefficient (Wildman–Crippen LogP) is 3.81. The molecule has 8 heteroatoms. The van der Waals surface area contributed by atoms with E-state index in [1.165, 1.54) is 5.56 Å². The summed E-state index contributed by atoms with van der Waals surface area (Å²) in [5.74, 6) is 2.07. The van der Waals surface area contributed by atoms with Crippen LogP contribution in [0, 0.1) is 5.92 Å². The van der Waals surface area contributed by atoms with Gasteiger partial charge in [-0.3, -0.25) is 9.67 Å². The Morgan fingerprint density at radius 2 is 1.81 bits per heavy atom. The number of halogens is 1. The molecule has 1 aromatic heterocycles. The highest BCUT2D eigenvalue weighted by atomic mass is 127. The van der Waals surface area contributed by atoms with Gasteiger partial charge in [0.05, 0.1) is 25.9 Å². The summed E-state index contributed by atoms with van der Waals surface area (Å²) in [5, 5.41) is 21.5. The first kappa shape index (κ1) is 28.2. The van der Waals surface area contributed by atoms with Gasteiger partial charge in [0.1, 0.15) is 11.4 Å². The number of nitrogens with one attached hydrogen (secondary N) is 2. The average Bonchev–Trinajstić information content (AvgIpc) is 3.16. The van der Waals surface area contributed by atoms with Crippen molar-refractivity contribution in [1.29, 1.82) is 0 Å². The van der Waals surface area contributed by atoms with E-state index in [1.807, 2.05) is 32.3 Å². The highest BCUT2D eigenvalue weighted by molar-refractivity contribution is 14.0. The minimum atomic E-state index is -1.05. The number of hydrogen-bond donors (Lipinski definition) is 3. The van der Waals surface area contributed by atoms with Crippen molar-refractivity contribution in [3.8, 4) is 5.75 Å². The molecule has 1 heterocycles. The molecule has 0 radical (unpaired) electrons. The van der Waals surface area contributed by atoms with E-state index in [-0.39, 0.29) is 29.4 Å². The molecule has 32 heavy (non-hydrogen) atoms. The monoisotopic (exact) mass is 557 g/mol.